The number of likely N-dealkylation sites (N-methyl/N-ethyl adjacent to an activating group) is 1. The predicted molar refractivity (Wildman–Crippen MR) is 63.0 cm³/mol. The molecule has 0 unspecified atom stereocenters. The number of ether oxygens (including phenoxy) is 1. The standard InChI is InChI=1S/C11H24N2O3/c1-11(2,3)16-10(15)9(12)6-5-8(14)7-13-4/h8-9,13-14H,5-7,12H2,1-4H3/t8-,9-/m0/s1. The van der Waals surface area contributed by atoms with Gasteiger partial charge >= 0.3 is 5.97 Å². The fourth-order valence-corrected chi connectivity index (χ4v) is 1.20. The van der Waals surface area contributed by atoms with Crippen molar-refractivity contribution in [2.24, 2.45) is 5.73 Å². The number of aliphatic hydroxyl groups is 1. The van der Waals surface area contributed by atoms with E-state index in [4.69, 9.17) is 10.5 Å². The van der Waals surface area contributed by atoms with Gasteiger partial charge < -0.3 is 20.9 Å². The van der Waals surface area contributed by atoms with Gasteiger partial charge in [-0.25, -0.2) is 0 Å². The minimum Gasteiger partial charge on any atom is -0.459 e. The van der Waals surface area contributed by atoms with Gasteiger partial charge in [-0.1, -0.05) is 0 Å². The average molecular weight is 232 g/mol. The van der Waals surface area contributed by atoms with Crippen LogP contribution in [0.3, 0.4) is 0 Å². The van der Waals surface area contributed by atoms with Gasteiger partial charge in [0, 0.05) is 6.54 Å². The summed E-state index contributed by atoms with van der Waals surface area (Å²) in [6.07, 6.45) is 0.442. The molecular formula is C11H24N2O3. The van der Waals surface area contributed by atoms with Crippen LogP contribution in [0.15, 0.2) is 0 Å². The van der Waals surface area contributed by atoms with Gasteiger partial charge in [0.05, 0.1) is 6.10 Å². The van der Waals surface area contributed by atoms with Crippen molar-refractivity contribution in [2.45, 2.75) is 51.4 Å². The molecule has 0 rings (SSSR count). The monoisotopic (exact) mass is 232 g/mol. The van der Waals surface area contributed by atoms with Crippen molar-refractivity contribution >= 4 is 5.97 Å². The summed E-state index contributed by atoms with van der Waals surface area (Å²) < 4.78 is 5.13. The van der Waals surface area contributed by atoms with E-state index in [0.717, 1.165) is 0 Å². The van der Waals surface area contributed by atoms with Crippen molar-refractivity contribution in [1.29, 1.82) is 0 Å². The van der Waals surface area contributed by atoms with E-state index in [1.807, 2.05) is 0 Å². The first-order chi connectivity index (χ1) is 7.26. The molecule has 0 aliphatic carbocycles. The van der Waals surface area contributed by atoms with Gasteiger partial charge in [-0.2, -0.15) is 0 Å². The van der Waals surface area contributed by atoms with Crippen molar-refractivity contribution in [1.82, 2.24) is 5.32 Å². The maximum Gasteiger partial charge on any atom is 0.323 e. The van der Waals surface area contributed by atoms with Crippen molar-refractivity contribution in [2.75, 3.05) is 13.6 Å². The third-order valence-corrected chi connectivity index (χ3v) is 1.96. The molecule has 0 aliphatic rings. The predicted octanol–water partition coefficient (Wildman–Crippen LogP) is 0.0159. The largest absolute Gasteiger partial charge is 0.459 e. The number of nitrogens with two attached hydrogens (primary N) is 1. The maximum atomic E-state index is 11.5. The quantitative estimate of drug-likeness (QED) is 0.562. The highest BCUT2D eigenvalue weighted by atomic mass is 16.6. The molecule has 0 aromatic rings. The van der Waals surface area contributed by atoms with Crippen LogP contribution in [0.1, 0.15) is 33.6 Å². The van der Waals surface area contributed by atoms with E-state index >= 15 is 0 Å². The zero-order valence-electron chi connectivity index (χ0n) is 10.6. The van der Waals surface area contributed by atoms with Crippen LogP contribution in [0.4, 0.5) is 0 Å². The van der Waals surface area contributed by atoms with Crippen molar-refractivity contribution in [3.63, 3.8) is 0 Å². The Bertz CT molecular complexity index is 214. The van der Waals surface area contributed by atoms with Crippen LogP contribution in [0.5, 0.6) is 0 Å². The van der Waals surface area contributed by atoms with E-state index in [1.165, 1.54) is 0 Å². The summed E-state index contributed by atoms with van der Waals surface area (Å²) in [7, 11) is 1.76. The van der Waals surface area contributed by atoms with Gasteiger partial charge in [0.15, 0.2) is 0 Å². The van der Waals surface area contributed by atoms with E-state index in [-0.39, 0.29) is 0 Å². The molecule has 0 spiro atoms. The number of hydrogen-bond acceptors (Lipinski definition) is 5. The van der Waals surface area contributed by atoms with Gasteiger partial charge in [0.1, 0.15) is 11.6 Å². The number of carbonyl (C=O) groups is 1. The molecule has 0 aromatic carbocycles. The second kappa shape index (κ2) is 6.83. The van der Waals surface area contributed by atoms with Crippen LogP contribution < -0.4 is 11.1 Å². The van der Waals surface area contributed by atoms with E-state index in [0.29, 0.717) is 19.4 Å². The lowest BCUT2D eigenvalue weighted by molar-refractivity contribution is -0.156. The molecule has 0 aromatic heterocycles. The molecule has 5 nitrogen and oxygen atoms in total. The summed E-state index contributed by atoms with van der Waals surface area (Å²) in [5.41, 5.74) is 5.15. The highest BCUT2D eigenvalue weighted by Gasteiger charge is 2.22. The molecular weight excluding hydrogens is 208 g/mol. The number of nitrogens with one attached hydrogen (secondary N) is 1. The van der Waals surface area contributed by atoms with E-state index < -0.39 is 23.7 Å². The molecule has 0 saturated heterocycles. The molecule has 96 valence electrons. The Morgan fingerprint density at radius 3 is 2.44 bits per heavy atom. The molecule has 0 heterocycles. The van der Waals surface area contributed by atoms with E-state index in [1.54, 1.807) is 27.8 Å². The van der Waals surface area contributed by atoms with Crippen molar-refractivity contribution in [3.8, 4) is 0 Å². The molecule has 0 radical (unpaired) electrons. The van der Waals surface area contributed by atoms with Crippen LogP contribution in [-0.4, -0.2) is 42.4 Å². The second-order valence-electron chi connectivity index (χ2n) is 4.93. The summed E-state index contributed by atoms with van der Waals surface area (Å²) >= 11 is 0. The molecule has 0 saturated carbocycles. The molecule has 5 heteroatoms. The minimum absolute atomic E-state index is 0.413. The molecule has 0 amide bonds. The van der Waals surface area contributed by atoms with E-state index in [2.05, 4.69) is 5.32 Å². The minimum atomic E-state index is -0.661. The van der Waals surface area contributed by atoms with Crippen LogP contribution in [0.25, 0.3) is 0 Å². The van der Waals surface area contributed by atoms with Gasteiger partial charge in [-0.15, -0.1) is 0 Å². The smallest absolute Gasteiger partial charge is 0.323 e. The zero-order chi connectivity index (χ0) is 12.8. The van der Waals surface area contributed by atoms with Crippen molar-refractivity contribution in [3.05, 3.63) is 0 Å². The number of hydrogen-bond donors (Lipinski definition) is 3. The Balaban J connectivity index is 3.88. The average Bonchev–Trinajstić information content (AvgIpc) is 2.11. The Morgan fingerprint density at radius 2 is 2.00 bits per heavy atom. The van der Waals surface area contributed by atoms with Crippen LogP contribution in [-0.2, 0) is 9.53 Å². The lowest BCUT2D eigenvalue weighted by Gasteiger charge is -2.22. The summed E-state index contributed by atoms with van der Waals surface area (Å²) in [5.74, 6) is -0.413. The highest BCUT2D eigenvalue weighted by molar-refractivity contribution is 5.75. The fourth-order valence-electron chi connectivity index (χ4n) is 1.20. The lowest BCUT2D eigenvalue weighted by Crippen LogP contribution is -2.38. The molecule has 0 aliphatic heterocycles. The fraction of sp³-hybridized carbons (Fsp3) is 0.909. The Morgan fingerprint density at radius 1 is 1.44 bits per heavy atom. The summed E-state index contributed by atoms with van der Waals surface area (Å²) in [6, 6.07) is -0.661. The van der Waals surface area contributed by atoms with Gasteiger partial charge in [0.25, 0.3) is 0 Å². The third kappa shape index (κ3) is 7.62. The van der Waals surface area contributed by atoms with E-state index in [9.17, 15) is 9.90 Å². The topological polar surface area (TPSA) is 84.6 Å². The number of esters is 1. The zero-order valence-corrected chi connectivity index (χ0v) is 10.6. The first-order valence-electron chi connectivity index (χ1n) is 5.57. The van der Waals surface area contributed by atoms with Crippen LogP contribution >= 0.6 is 0 Å². The maximum absolute atomic E-state index is 11.5. The number of rotatable bonds is 6. The number of aliphatic hydroxyl groups excluding tert-OH is 1. The van der Waals surface area contributed by atoms with Crippen LogP contribution in [0, 0.1) is 0 Å². The number of carbonyl (C=O) groups excluding carboxylic acids is 1. The Hall–Kier alpha value is -0.650. The lowest BCUT2D eigenvalue weighted by atomic mass is 10.1. The first-order valence-corrected chi connectivity index (χ1v) is 5.57. The van der Waals surface area contributed by atoms with Gasteiger partial charge in [-0.3, -0.25) is 4.79 Å². The third-order valence-electron chi connectivity index (χ3n) is 1.96. The molecule has 16 heavy (non-hydrogen) atoms. The highest BCUT2D eigenvalue weighted by Crippen LogP contribution is 2.10. The SMILES string of the molecule is CNC[C@@H](O)CC[C@H](N)C(=O)OC(C)(C)C. The van der Waals surface area contributed by atoms with Gasteiger partial charge in [0.2, 0.25) is 0 Å². The summed E-state index contributed by atoms with van der Waals surface area (Å²) in [5, 5.41) is 12.3. The Labute approximate surface area is 97.3 Å². The first kappa shape index (κ1) is 15.3. The molecule has 0 bridgehead atoms. The van der Waals surface area contributed by atoms with Crippen LogP contribution in [0.2, 0.25) is 0 Å². The normalized spacial score (nSPS) is 15.6. The molecule has 4 N–H and O–H groups in total. The molecule has 2 atom stereocenters. The summed E-state index contributed by atoms with van der Waals surface area (Å²) in [6.45, 7) is 5.90. The van der Waals surface area contributed by atoms with Crippen molar-refractivity contribution < 1.29 is 14.6 Å². The second-order valence-corrected chi connectivity index (χ2v) is 4.93. The Kier molecular flexibility index (Phi) is 6.55. The summed E-state index contributed by atoms with van der Waals surface area (Å²) in [4.78, 5) is 11.5. The molecule has 0 fully saturated rings. The van der Waals surface area contributed by atoms with Gasteiger partial charge in [-0.05, 0) is 40.7 Å².